The van der Waals surface area contributed by atoms with Crippen molar-refractivity contribution in [3.05, 3.63) is 35.4 Å². The molecule has 2 atom stereocenters. The summed E-state index contributed by atoms with van der Waals surface area (Å²) in [5.74, 6) is 1.70. The van der Waals surface area contributed by atoms with Crippen molar-refractivity contribution >= 4 is 0 Å². The normalized spacial score (nSPS) is 29.1. The van der Waals surface area contributed by atoms with Gasteiger partial charge in [-0.1, -0.05) is 24.3 Å². The molecule has 2 heteroatoms. The first-order valence-electron chi connectivity index (χ1n) is 8.43. The van der Waals surface area contributed by atoms with Gasteiger partial charge in [0.15, 0.2) is 0 Å². The summed E-state index contributed by atoms with van der Waals surface area (Å²) < 4.78 is 0. The van der Waals surface area contributed by atoms with Crippen LogP contribution >= 0.6 is 0 Å². The van der Waals surface area contributed by atoms with E-state index < -0.39 is 0 Å². The summed E-state index contributed by atoms with van der Waals surface area (Å²) in [6, 6.07) is 9.94. The van der Waals surface area contributed by atoms with Crippen LogP contribution in [0, 0.1) is 5.92 Å². The van der Waals surface area contributed by atoms with E-state index in [1.807, 2.05) is 0 Å². The molecule has 2 fully saturated rings. The first-order valence-corrected chi connectivity index (χ1v) is 8.43. The minimum absolute atomic E-state index is 0.809. The van der Waals surface area contributed by atoms with E-state index in [0.717, 1.165) is 17.9 Å². The molecule has 0 radical (unpaired) electrons. The maximum absolute atomic E-state index is 3.57. The van der Waals surface area contributed by atoms with E-state index in [1.165, 1.54) is 58.3 Å². The van der Waals surface area contributed by atoms with E-state index in [1.54, 1.807) is 11.1 Å². The van der Waals surface area contributed by atoms with Crippen molar-refractivity contribution in [3.8, 4) is 0 Å². The molecular formula is C18H26N2. The number of hydrogen-bond donors (Lipinski definition) is 1. The van der Waals surface area contributed by atoms with Gasteiger partial charge in [0.05, 0.1) is 0 Å². The molecule has 4 rings (SSSR count). The van der Waals surface area contributed by atoms with Gasteiger partial charge in [-0.05, 0) is 62.2 Å². The number of fused-ring (bicyclic) bond motifs is 1. The second kappa shape index (κ2) is 5.50. The van der Waals surface area contributed by atoms with E-state index in [0.29, 0.717) is 0 Å². The van der Waals surface area contributed by atoms with Crippen LogP contribution in [0.2, 0.25) is 0 Å². The molecule has 3 aliphatic rings. The molecule has 1 heterocycles. The number of hydrogen-bond acceptors (Lipinski definition) is 2. The Morgan fingerprint density at radius 2 is 2.00 bits per heavy atom. The van der Waals surface area contributed by atoms with E-state index in [4.69, 9.17) is 0 Å². The van der Waals surface area contributed by atoms with E-state index >= 15 is 0 Å². The third-order valence-electron chi connectivity index (χ3n) is 5.37. The lowest BCUT2D eigenvalue weighted by molar-refractivity contribution is 0.185. The molecule has 1 aromatic carbocycles. The smallest absolute Gasteiger partial charge is 0.00967 e. The number of rotatable bonds is 5. The van der Waals surface area contributed by atoms with E-state index in [2.05, 4.69) is 34.5 Å². The molecule has 2 unspecified atom stereocenters. The summed E-state index contributed by atoms with van der Waals surface area (Å²) in [6.07, 6.45) is 6.98. The highest BCUT2D eigenvalue weighted by atomic mass is 15.2. The summed E-state index contributed by atoms with van der Waals surface area (Å²) in [6.45, 7) is 5.11. The van der Waals surface area contributed by atoms with Crippen LogP contribution in [0.1, 0.15) is 42.7 Å². The number of nitrogens with zero attached hydrogens (tertiary/aromatic N) is 1. The first-order chi connectivity index (χ1) is 9.90. The van der Waals surface area contributed by atoms with Crippen molar-refractivity contribution < 1.29 is 0 Å². The quantitative estimate of drug-likeness (QED) is 0.885. The van der Waals surface area contributed by atoms with Crippen molar-refractivity contribution in [1.29, 1.82) is 0 Å². The fourth-order valence-corrected chi connectivity index (χ4v) is 4.03. The standard InChI is InChI=1S/C18H26N2/c1-2-6-18-15(5-1)10-16(18)13-20(17-7-8-17)12-14-4-3-9-19-11-14/h1-2,5-6,14,16-17,19H,3-4,7-13H2. The molecule has 0 bridgehead atoms. The van der Waals surface area contributed by atoms with Crippen molar-refractivity contribution in [2.24, 2.45) is 5.92 Å². The topological polar surface area (TPSA) is 15.3 Å². The van der Waals surface area contributed by atoms with Gasteiger partial charge in [-0.3, -0.25) is 4.90 Å². The summed E-state index contributed by atoms with van der Waals surface area (Å²) in [5.41, 5.74) is 3.22. The molecule has 1 N–H and O–H groups in total. The highest BCUT2D eigenvalue weighted by Crippen LogP contribution is 2.38. The predicted molar refractivity (Wildman–Crippen MR) is 83.1 cm³/mol. The van der Waals surface area contributed by atoms with Gasteiger partial charge < -0.3 is 5.32 Å². The summed E-state index contributed by atoms with van der Waals surface area (Å²) in [7, 11) is 0. The van der Waals surface area contributed by atoms with Gasteiger partial charge in [0.2, 0.25) is 0 Å². The van der Waals surface area contributed by atoms with Crippen LogP contribution < -0.4 is 5.32 Å². The third kappa shape index (κ3) is 2.64. The molecule has 0 amide bonds. The van der Waals surface area contributed by atoms with Crippen molar-refractivity contribution in [2.75, 3.05) is 26.2 Å². The van der Waals surface area contributed by atoms with Crippen LogP contribution in [0.15, 0.2) is 24.3 Å². The molecule has 2 nitrogen and oxygen atoms in total. The van der Waals surface area contributed by atoms with Crippen LogP contribution in [-0.2, 0) is 6.42 Å². The molecule has 1 saturated heterocycles. The highest BCUT2D eigenvalue weighted by molar-refractivity contribution is 5.40. The zero-order chi connectivity index (χ0) is 13.4. The molecule has 1 aromatic rings. The zero-order valence-electron chi connectivity index (χ0n) is 12.4. The summed E-state index contributed by atoms with van der Waals surface area (Å²) in [5, 5.41) is 3.57. The number of benzene rings is 1. The van der Waals surface area contributed by atoms with Crippen molar-refractivity contribution in [1.82, 2.24) is 10.2 Å². The fourth-order valence-electron chi connectivity index (χ4n) is 4.03. The molecule has 0 spiro atoms. The number of nitrogens with one attached hydrogen (secondary N) is 1. The second-order valence-corrected chi connectivity index (χ2v) is 7.00. The largest absolute Gasteiger partial charge is 0.316 e. The molecule has 20 heavy (non-hydrogen) atoms. The Hall–Kier alpha value is -0.860. The minimum Gasteiger partial charge on any atom is -0.316 e. The summed E-state index contributed by atoms with van der Waals surface area (Å²) >= 11 is 0. The van der Waals surface area contributed by atoms with Crippen LogP contribution in [0.4, 0.5) is 0 Å². The first kappa shape index (κ1) is 12.8. The minimum atomic E-state index is 0.809. The number of piperidine rings is 1. The van der Waals surface area contributed by atoms with Gasteiger partial charge in [0.1, 0.15) is 0 Å². The van der Waals surface area contributed by atoms with Crippen LogP contribution in [0.3, 0.4) is 0 Å². The van der Waals surface area contributed by atoms with E-state index in [9.17, 15) is 0 Å². The Balaban J connectivity index is 1.37. The third-order valence-corrected chi connectivity index (χ3v) is 5.37. The van der Waals surface area contributed by atoms with Gasteiger partial charge in [-0.25, -0.2) is 0 Å². The van der Waals surface area contributed by atoms with E-state index in [-0.39, 0.29) is 0 Å². The Kier molecular flexibility index (Phi) is 3.53. The van der Waals surface area contributed by atoms with Crippen LogP contribution in [0.25, 0.3) is 0 Å². The zero-order valence-corrected chi connectivity index (χ0v) is 12.4. The van der Waals surface area contributed by atoms with Gasteiger partial charge >= 0.3 is 0 Å². The molecule has 2 aliphatic carbocycles. The lowest BCUT2D eigenvalue weighted by Gasteiger charge is -2.37. The Labute approximate surface area is 122 Å². The molecular weight excluding hydrogens is 244 g/mol. The van der Waals surface area contributed by atoms with Gasteiger partial charge in [-0.15, -0.1) is 0 Å². The average Bonchev–Trinajstić information content (AvgIpc) is 3.29. The summed E-state index contributed by atoms with van der Waals surface area (Å²) in [4.78, 5) is 2.82. The highest BCUT2D eigenvalue weighted by Gasteiger charge is 2.35. The molecule has 108 valence electrons. The SMILES string of the molecule is c1ccc2c(c1)CC2CN(CC1CCCNC1)C1CC1. The fraction of sp³-hybridized carbons (Fsp3) is 0.667. The maximum Gasteiger partial charge on any atom is 0.00967 e. The molecule has 1 saturated carbocycles. The Morgan fingerprint density at radius 3 is 2.75 bits per heavy atom. The Morgan fingerprint density at radius 1 is 1.10 bits per heavy atom. The lowest BCUT2D eigenvalue weighted by Crippen LogP contribution is -2.42. The molecule has 0 aromatic heterocycles. The maximum atomic E-state index is 3.57. The van der Waals surface area contributed by atoms with Crippen molar-refractivity contribution in [2.45, 2.75) is 44.1 Å². The lowest BCUT2D eigenvalue weighted by atomic mass is 9.77. The monoisotopic (exact) mass is 270 g/mol. The average molecular weight is 270 g/mol. The predicted octanol–water partition coefficient (Wildman–Crippen LogP) is 2.79. The van der Waals surface area contributed by atoms with Gasteiger partial charge in [-0.2, -0.15) is 0 Å². The second-order valence-electron chi connectivity index (χ2n) is 7.00. The van der Waals surface area contributed by atoms with Crippen LogP contribution in [-0.4, -0.2) is 37.1 Å². The molecule has 1 aliphatic heterocycles. The van der Waals surface area contributed by atoms with Gasteiger partial charge in [0, 0.05) is 25.0 Å². The van der Waals surface area contributed by atoms with Gasteiger partial charge in [0.25, 0.3) is 0 Å². The van der Waals surface area contributed by atoms with Crippen molar-refractivity contribution in [3.63, 3.8) is 0 Å². The van der Waals surface area contributed by atoms with Crippen LogP contribution in [0.5, 0.6) is 0 Å². The Bertz CT molecular complexity index is 460.